The molecule has 2 rings (SSSR count). The second-order valence-electron chi connectivity index (χ2n) is 6.72. The third kappa shape index (κ3) is 5.07. The number of anilines is 2. The van der Waals surface area contributed by atoms with E-state index in [1.54, 1.807) is 0 Å². The maximum absolute atomic E-state index is 12.5. The third-order valence-corrected chi connectivity index (χ3v) is 4.37. The number of para-hydroxylation sites is 2. The molecule has 0 radical (unpaired) electrons. The first-order chi connectivity index (χ1) is 11.9. The fourth-order valence-electron chi connectivity index (χ4n) is 2.82. The van der Waals surface area contributed by atoms with Gasteiger partial charge in [-0.1, -0.05) is 31.2 Å². The molecule has 0 atom stereocenters. The highest BCUT2D eigenvalue weighted by Gasteiger charge is 2.11. The molecule has 1 amide bonds. The molecule has 0 unspecified atom stereocenters. The summed E-state index contributed by atoms with van der Waals surface area (Å²) in [5.41, 5.74) is 3.70. The number of benzene rings is 2. The molecule has 134 valence electrons. The van der Waals surface area contributed by atoms with Crippen molar-refractivity contribution in [3.05, 3.63) is 59.7 Å². The van der Waals surface area contributed by atoms with Gasteiger partial charge in [0.1, 0.15) is 0 Å². The van der Waals surface area contributed by atoms with Crippen molar-refractivity contribution >= 4 is 17.3 Å². The molecule has 4 heteroatoms. The van der Waals surface area contributed by atoms with Crippen LogP contribution in [0.15, 0.2) is 48.5 Å². The predicted octanol–water partition coefficient (Wildman–Crippen LogP) is 4.24. The summed E-state index contributed by atoms with van der Waals surface area (Å²) in [6.07, 6.45) is 0. The summed E-state index contributed by atoms with van der Waals surface area (Å²) < 4.78 is 0. The molecular formula is C21H29N3O. The topological polar surface area (TPSA) is 35.6 Å². The Morgan fingerprint density at radius 1 is 1.04 bits per heavy atom. The number of carbonyl (C=O) groups excluding carboxylic acids is 1. The van der Waals surface area contributed by atoms with Crippen LogP contribution in [0.25, 0.3) is 0 Å². The lowest BCUT2D eigenvalue weighted by Crippen LogP contribution is -2.29. The molecule has 1 N–H and O–H groups in total. The molecular weight excluding hydrogens is 310 g/mol. The van der Waals surface area contributed by atoms with Gasteiger partial charge in [0.05, 0.1) is 11.4 Å². The first kappa shape index (κ1) is 19.0. The molecule has 0 spiro atoms. The van der Waals surface area contributed by atoms with E-state index in [9.17, 15) is 4.79 Å². The van der Waals surface area contributed by atoms with Gasteiger partial charge in [-0.3, -0.25) is 9.69 Å². The minimum atomic E-state index is -0.0861. The van der Waals surface area contributed by atoms with Gasteiger partial charge in [-0.2, -0.15) is 0 Å². The fourth-order valence-corrected chi connectivity index (χ4v) is 2.82. The molecule has 0 saturated heterocycles. The lowest BCUT2D eigenvalue weighted by atomic mass is 10.1. The number of amides is 1. The summed E-state index contributed by atoms with van der Waals surface area (Å²) in [7, 11) is 3.93. The average Bonchev–Trinajstić information content (AvgIpc) is 2.60. The van der Waals surface area contributed by atoms with Crippen LogP contribution in [0, 0.1) is 0 Å². The zero-order valence-electron chi connectivity index (χ0n) is 15.9. The van der Waals surface area contributed by atoms with Crippen molar-refractivity contribution in [3.63, 3.8) is 0 Å². The number of nitrogens with zero attached hydrogens (tertiary/aromatic N) is 2. The van der Waals surface area contributed by atoms with E-state index in [2.05, 4.69) is 31.0 Å². The standard InChI is InChI=1S/C21H29N3O/c1-6-24(16(2)3)15-17-11-13-18(14-12-17)21(25)22-19-9-7-8-10-20(19)23(4)5/h7-14,16H,6,15H2,1-5H3,(H,22,25). The van der Waals surface area contributed by atoms with Gasteiger partial charge >= 0.3 is 0 Å². The molecule has 25 heavy (non-hydrogen) atoms. The van der Waals surface area contributed by atoms with Gasteiger partial charge in [0.15, 0.2) is 0 Å². The highest BCUT2D eigenvalue weighted by molar-refractivity contribution is 6.05. The van der Waals surface area contributed by atoms with Crippen molar-refractivity contribution in [2.75, 3.05) is 30.9 Å². The maximum atomic E-state index is 12.5. The summed E-state index contributed by atoms with van der Waals surface area (Å²) in [6, 6.07) is 16.2. The molecule has 4 nitrogen and oxygen atoms in total. The average molecular weight is 339 g/mol. The minimum absolute atomic E-state index is 0.0861. The van der Waals surface area contributed by atoms with Crippen molar-refractivity contribution in [1.29, 1.82) is 0 Å². The van der Waals surface area contributed by atoms with Crippen LogP contribution in [-0.4, -0.2) is 37.5 Å². The van der Waals surface area contributed by atoms with Crippen molar-refractivity contribution in [2.45, 2.75) is 33.4 Å². The Morgan fingerprint density at radius 2 is 1.68 bits per heavy atom. The summed E-state index contributed by atoms with van der Waals surface area (Å²) in [4.78, 5) is 16.9. The van der Waals surface area contributed by atoms with Gasteiger partial charge in [-0.05, 0) is 50.2 Å². The quantitative estimate of drug-likeness (QED) is 0.820. The van der Waals surface area contributed by atoms with E-state index in [0.717, 1.165) is 24.5 Å². The van der Waals surface area contributed by atoms with Crippen molar-refractivity contribution < 1.29 is 4.79 Å². The second kappa shape index (κ2) is 8.67. The van der Waals surface area contributed by atoms with Crippen LogP contribution in [0.4, 0.5) is 11.4 Å². The van der Waals surface area contributed by atoms with E-state index in [-0.39, 0.29) is 5.91 Å². The van der Waals surface area contributed by atoms with Crippen LogP contribution in [0.2, 0.25) is 0 Å². The zero-order valence-corrected chi connectivity index (χ0v) is 15.9. The van der Waals surface area contributed by atoms with E-state index in [1.807, 2.05) is 67.5 Å². The van der Waals surface area contributed by atoms with Crippen LogP contribution in [0.5, 0.6) is 0 Å². The zero-order chi connectivity index (χ0) is 18.4. The largest absolute Gasteiger partial charge is 0.376 e. The van der Waals surface area contributed by atoms with Crippen LogP contribution in [0.3, 0.4) is 0 Å². The smallest absolute Gasteiger partial charge is 0.255 e. The van der Waals surface area contributed by atoms with E-state index in [4.69, 9.17) is 0 Å². The van der Waals surface area contributed by atoms with Gasteiger partial charge in [0, 0.05) is 32.2 Å². The Labute approximate surface area is 151 Å². The van der Waals surface area contributed by atoms with Crippen molar-refractivity contribution in [2.24, 2.45) is 0 Å². The summed E-state index contributed by atoms with van der Waals surface area (Å²) >= 11 is 0. The Hall–Kier alpha value is -2.33. The Morgan fingerprint density at radius 3 is 2.24 bits per heavy atom. The van der Waals surface area contributed by atoms with E-state index >= 15 is 0 Å². The number of hydrogen-bond donors (Lipinski definition) is 1. The predicted molar refractivity (Wildman–Crippen MR) is 106 cm³/mol. The minimum Gasteiger partial charge on any atom is -0.376 e. The second-order valence-corrected chi connectivity index (χ2v) is 6.72. The monoisotopic (exact) mass is 339 g/mol. The van der Waals surface area contributed by atoms with Crippen LogP contribution in [0.1, 0.15) is 36.7 Å². The molecule has 0 aromatic heterocycles. The lowest BCUT2D eigenvalue weighted by molar-refractivity contribution is 0.102. The number of carbonyl (C=O) groups is 1. The first-order valence-corrected chi connectivity index (χ1v) is 8.83. The van der Waals surface area contributed by atoms with E-state index in [1.165, 1.54) is 5.56 Å². The number of rotatable bonds is 7. The molecule has 2 aromatic carbocycles. The Kier molecular flexibility index (Phi) is 6.59. The van der Waals surface area contributed by atoms with Gasteiger partial charge in [0.2, 0.25) is 0 Å². The maximum Gasteiger partial charge on any atom is 0.255 e. The van der Waals surface area contributed by atoms with Gasteiger partial charge in [-0.15, -0.1) is 0 Å². The molecule has 0 aliphatic rings. The summed E-state index contributed by atoms with van der Waals surface area (Å²) in [5.74, 6) is -0.0861. The summed E-state index contributed by atoms with van der Waals surface area (Å²) in [5, 5.41) is 3.01. The van der Waals surface area contributed by atoms with Crippen molar-refractivity contribution in [1.82, 2.24) is 4.90 Å². The SMILES string of the molecule is CCN(Cc1ccc(C(=O)Nc2ccccc2N(C)C)cc1)C(C)C. The molecule has 0 bridgehead atoms. The Bertz CT molecular complexity index is 693. The number of nitrogens with one attached hydrogen (secondary N) is 1. The molecule has 0 saturated carbocycles. The highest BCUT2D eigenvalue weighted by atomic mass is 16.1. The van der Waals surface area contributed by atoms with Gasteiger partial charge in [0.25, 0.3) is 5.91 Å². The fraction of sp³-hybridized carbons (Fsp3) is 0.381. The van der Waals surface area contributed by atoms with Gasteiger partial charge < -0.3 is 10.2 Å². The van der Waals surface area contributed by atoms with E-state index in [0.29, 0.717) is 11.6 Å². The van der Waals surface area contributed by atoms with Crippen molar-refractivity contribution in [3.8, 4) is 0 Å². The first-order valence-electron chi connectivity index (χ1n) is 8.83. The highest BCUT2D eigenvalue weighted by Crippen LogP contribution is 2.24. The molecule has 0 aliphatic carbocycles. The van der Waals surface area contributed by atoms with Crippen LogP contribution >= 0.6 is 0 Å². The normalized spacial score (nSPS) is 11.0. The molecule has 2 aromatic rings. The van der Waals surface area contributed by atoms with E-state index < -0.39 is 0 Å². The molecule has 0 heterocycles. The lowest BCUT2D eigenvalue weighted by Gasteiger charge is -2.24. The number of hydrogen-bond acceptors (Lipinski definition) is 3. The third-order valence-electron chi connectivity index (χ3n) is 4.37. The molecule has 0 fully saturated rings. The summed E-state index contributed by atoms with van der Waals surface area (Å²) in [6.45, 7) is 8.49. The van der Waals surface area contributed by atoms with Crippen LogP contribution < -0.4 is 10.2 Å². The van der Waals surface area contributed by atoms with Crippen LogP contribution in [-0.2, 0) is 6.54 Å². The molecule has 0 aliphatic heterocycles. The van der Waals surface area contributed by atoms with Gasteiger partial charge in [-0.25, -0.2) is 0 Å². The Balaban J connectivity index is 2.08.